The van der Waals surface area contributed by atoms with Gasteiger partial charge in [-0.1, -0.05) is 23.7 Å². The zero-order valence-electron chi connectivity index (χ0n) is 18.0. The molecule has 0 saturated heterocycles. The van der Waals surface area contributed by atoms with Gasteiger partial charge in [-0.2, -0.15) is 18.3 Å². The van der Waals surface area contributed by atoms with Crippen molar-refractivity contribution in [3.05, 3.63) is 46.6 Å². The number of anilines is 1. The van der Waals surface area contributed by atoms with Gasteiger partial charge in [0.1, 0.15) is 5.82 Å². The highest BCUT2D eigenvalue weighted by Gasteiger charge is 2.46. The number of hydrogen-bond donors (Lipinski definition) is 4. The summed E-state index contributed by atoms with van der Waals surface area (Å²) in [5.74, 6) is -0.613. The monoisotopic (exact) mass is 503 g/mol. The normalized spacial score (nSPS) is 17.8. The Morgan fingerprint density at radius 2 is 2.00 bits per heavy atom. The van der Waals surface area contributed by atoms with Gasteiger partial charge in [0.2, 0.25) is 0 Å². The summed E-state index contributed by atoms with van der Waals surface area (Å²) in [5.41, 5.74) is 5.37. The first-order valence-corrected chi connectivity index (χ1v) is 11.0. The number of carbonyl (C=O) groups excluding carboxylic acids is 1. The van der Waals surface area contributed by atoms with Gasteiger partial charge in [-0.15, -0.1) is 0 Å². The summed E-state index contributed by atoms with van der Waals surface area (Å²) in [6.45, 7) is 1.47. The van der Waals surface area contributed by atoms with Gasteiger partial charge < -0.3 is 15.5 Å². The summed E-state index contributed by atoms with van der Waals surface area (Å²) in [6.07, 6.45) is -3.98. The van der Waals surface area contributed by atoms with E-state index in [0.29, 0.717) is 17.1 Å². The number of hydrazine groups is 1. The van der Waals surface area contributed by atoms with Crippen LogP contribution in [0.2, 0.25) is 5.02 Å². The van der Waals surface area contributed by atoms with Crippen molar-refractivity contribution in [1.82, 2.24) is 30.8 Å². The SMILES string of the molecule is CN(C)CCCNC(=S)NNC(=O)c1cc2n(n1)[C@@H](C(F)(F)F)C[C@@H](c1ccc(Cl)cc1)N2. The van der Waals surface area contributed by atoms with E-state index in [-0.39, 0.29) is 23.0 Å². The van der Waals surface area contributed by atoms with Gasteiger partial charge in [0.15, 0.2) is 16.8 Å². The Morgan fingerprint density at radius 3 is 2.64 bits per heavy atom. The van der Waals surface area contributed by atoms with E-state index in [9.17, 15) is 18.0 Å². The van der Waals surface area contributed by atoms with Crippen molar-refractivity contribution >= 4 is 40.7 Å². The van der Waals surface area contributed by atoms with E-state index >= 15 is 0 Å². The number of alkyl halides is 3. The van der Waals surface area contributed by atoms with Crippen LogP contribution >= 0.6 is 23.8 Å². The smallest absolute Gasteiger partial charge is 0.363 e. The lowest BCUT2D eigenvalue weighted by atomic mass is 9.97. The summed E-state index contributed by atoms with van der Waals surface area (Å²) in [4.78, 5) is 14.5. The third-order valence-corrected chi connectivity index (χ3v) is 5.55. The molecule has 0 unspecified atom stereocenters. The predicted octanol–water partition coefficient (Wildman–Crippen LogP) is 3.26. The molecule has 8 nitrogen and oxygen atoms in total. The Balaban J connectivity index is 1.67. The van der Waals surface area contributed by atoms with Crippen LogP contribution in [0.1, 0.15) is 41.0 Å². The zero-order chi connectivity index (χ0) is 24.2. The van der Waals surface area contributed by atoms with Crippen molar-refractivity contribution in [2.75, 3.05) is 32.5 Å². The number of carbonyl (C=O) groups is 1. The molecule has 4 N–H and O–H groups in total. The quantitative estimate of drug-likeness (QED) is 0.273. The van der Waals surface area contributed by atoms with Crippen LogP contribution < -0.4 is 21.5 Å². The predicted molar refractivity (Wildman–Crippen MR) is 124 cm³/mol. The number of benzene rings is 1. The van der Waals surface area contributed by atoms with Crippen molar-refractivity contribution in [1.29, 1.82) is 0 Å². The van der Waals surface area contributed by atoms with Crippen LogP contribution in [0.5, 0.6) is 0 Å². The maximum Gasteiger partial charge on any atom is 0.410 e. The molecule has 180 valence electrons. The van der Waals surface area contributed by atoms with E-state index in [4.69, 9.17) is 23.8 Å². The number of fused-ring (bicyclic) bond motifs is 1. The van der Waals surface area contributed by atoms with Crippen LogP contribution in [0.4, 0.5) is 19.0 Å². The molecule has 2 atom stereocenters. The average Bonchev–Trinajstić information content (AvgIpc) is 3.18. The molecule has 33 heavy (non-hydrogen) atoms. The minimum absolute atomic E-state index is 0.0954. The van der Waals surface area contributed by atoms with E-state index in [1.165, 1.54) is 6.07 Å². The number of amides is 1. The van der Waals surface area contributed by atoms with E-state index in [1.54, 1.807) is 24.3 Å². The van der Waals surface area contributed by atoms with Crippen molar-refractivity contribution in [3.8, 4) is 0 Å². The van der Waals surface area contributed by atoms with Gasteiger partial charge in [0, 0.05) is 24.1 Å². The van der Waals surface area contributed by atoms with Crippen LogP contribution in [0.25, 0.3) is 0 Å². The third kappa shape index (κ3) is 6.71. The first kappa shape index (κ1) is 25.1. The van der Waals surface area contributed by atoms with Crippen molar-refractivity contribution in [3.63, 3.8) is 0 Å². The zero-order valence-corrected chi connectivity index (χ0v) is 19.6. The first-order chi connectivity index (χ1) is 15.5. The van der Waals surface area contributed by atoms with Gasteiger partial charge in [-0.05, 0) is 57.0 Å². The van der Waals surface area contributed by atoms with Gasteiger partial charge in [-0.25, -0.2) is 4.68 Å². The van der Waals surface area contributed by atoms with Crippen LogP contribution in [-0.4, -0.2) is 59.1 Å². The Morgan fingerprint density at radius 1 is 1.30 bits per heavy atom. The van der Waals surface area contributed by atoms with E-state index in [1.807, 2.05) is 19.0 Å². The fourth-order valence-electron chi connectivity index (χ4n) is 3.42. The average molecular weight is 504 g/mol. The molecule has 1 aliphatic heterocycles. The Bertz CT molecular complexity index is 981. The fraction of sp³-hybridized carbons (Fsp3) is 0.450. The molecule has 1 amide bonds. The van der Waals surface area contributed by atoms with Crippen LogP contribution in [0.3, 0.4) is 0 Å². The van der Waals surface area contributed by atoms with Gasteiger partial charge in [-0.3, -0.25) is 15.6 Å². The lowest BCUT2D eigenvalue weighted by molar-refractivity contribution is -0.173. The highest BCUT2D eigenvalue weighted by Crippen LogP contribution is 2.43. The van der Waals surface area contributed by atoms with Crippen molar-refractivity contribution < 1.29 is 18.0 Å². The number of nitrogens with one attached hydrogen (secondary N) is 4. The molecular weight excluding hydrogens is 479 g/mol. The second-order valence-corrected chi connectivity index (χ2v) is 8.74. The lowest BCUT2D eigenvalue weighted by Crippen LogP contribution is -2.47. The first-order valence-electron chi connectivity index (χ1n) is 10.2. The molecule has 1 aromatic carbocycles. The minimum Gasteiger partial charge on any atom is -0.363 e. The van der Waals surface area contributed by atoms with Crippen molar-refractivity contribution in [2.45, 2.75) is 31.1 Å². The summed E-state index contributed by atoms with van der Waals surface area (Å²) in [5, 5.41) is 10.6. The lowest BCUT2D eigenvalue weighted by Gasteiger charge is -2.33. The van der Waals surface area contributed by atoms with Gasteiger partial charge in [0.05, 0.1) is 6.04 Å². The fourth-order valence-corrected chi connectivity index (χ4v) is 3.70. The molecule has 0 radical (unpaired) electrons. The Labute approximate surface area is 199 Å². The largest absolute Gasteiger partial charge is 0.410 e. The topological polar surface area (TPSA) is 86.2 Å². The van der Waals surface area contributed by atoms with Crippen molar-refractivity contribution in [2.24, 2.45) is 0 Å². The second kappa shape index (κ2) is 10.6. The highest BCUT2D eigenvalue weighted by atomic mass is 35.5. The molecule has 0 spiro atoms. The molecule has 3 rings (SSSR count). The van der Waals surface area contributed by atoms with E-state index in [0.717, 1.165) is 17.6 Å². The summed E-state index contributed by atoms with van der Waals surface area (Å²) >= 11 is 11.0. The molecule has 0 saturated carbocycles. The number of rotatable bonds is 6. The maximum absolute atomic E-state index is 13.8. The van der Waals surface area contributed by atoms with E-state index < -0.39 is 24.2 Å². The Hall–Kier alpha value is -2.57. The number of aromatic nitrogens is 2. The van der Waals surface area contributed by atoms with Crippen LogP contribution in [-0.2, 0) is 0 Å². The summed E-state index contributed by atoms with van der Waals surface area (Å²) in [6, 6.07) is 5.36. The Kier molecular flexibility index (Phi) is 8.03. The molecule has 0 fully saturated rings. The highest BCUT2D eigenvalue weighted by molar-refractivity contribution is 7.80. The summed E-state index contributed by atoms with van der Waals surface area (Å²) in [7, 11) is 3.91. The standard InChI is InChI=1S/C20H25ClF3N7OS/c1-30(2)9-3-8-25-19(33)28-27-18(32)15-11-17-26-14(12-4-6-13(21)7-5-12)10-16(20(22,23)24)31(17)29-15/h4-7,11,14,16,26H,3,8-10H2,1-2H3,(H,27,32)(H2,25,28,33)/t14-,16+/m0/s1. The number of hydrogen-bond acceptors (Lipinski definition) is 5. The number of nitrogens with zero attached hydrogens (tertiary/aromatic N) is 3. The maximum atomic E-state index is 13.8. The summed E-state index contributed by atoms with van der Waals surface area (Å²) < 4.78 is 42.2. The third-order valence-electron chi connectivity index (χ3n) is 5.05. The molecule has 1 aromatic heterocycles. The molecule has 1 aliphatic rings. The molecule has 2 heterocycles. The number of halogens is 4. The van der Waals surface area contributed by atoms with Crippen LogP contribution in [0, 0.1) is 0 Å². The van der Waals surface area contributed by atoms with Crippen LogP contribution in [0.15, 0.2) is 30.3 Å². The number of thiocarbonyl (C=S) groups is 1. The molecule has 0 aliphatic carbocycles. The van der Waals surface area contributed by atoms with Gasteiger partial charge >= 0.3 is 6.18 Å². The van der Waals surface area contributed by atoms with Gasteiger partial charge in [0.25, 0.3) is 5.91 Å². The molecule has 13 heteroatoms. The second-order valence-electron chi connectivity index (χ2n) is 7.89. The molecule has 2 aromatic rings. The molecule has 0 bridgehead atoms. The minimum atomic E-state index is -4.54. The van der Waals surface area contributed by atoms with E-state index in [2.05, 4.69) is 26.6 Å². The molecular formula is C20H25ClF3N7OS.